The summed E-state index contributed by atoms with van der Waals surface area (Å²) in [5.41, 5.74) is 2.18. The Labute approximate surface area is 183 Å². The third-order valence-corrected chi connectivity index (χ3v) is 4.36. The minimum atomic E-state index is -4.64. The molecule has 0 heterocycles. The van der Waals surface area contributed by atoms with Crippen LogP contribution in [-0.4, -0.2) is 18.7 Å². The molecular weight excluding hydrogens is 421 g/mol. The fourth-order valence-corrected chi connectivity index (χ4v) is 2.88. The first-order valence-corrected chi connectivity index (χ1v) is 9.81. The van der Waals surface area contributed by atoms with Gasteiger partial charge in [0.2, 0.25) is 0 Å². The van der Waals surface area contributed by atoms with Gasteiger partial charge in [0, 0.05) is 0 Å². The van der Waals surface area contributed by atoms with Crippen LogP contribution in [-0.2, 0) is 12.8 Å². The molecule has 1 amide bonds. The van der Waals surface area contributed by atoms with E-state index in [1.165, 1.54) is 18.3 Å². The molecule has 3 aromatic carbocycles. The zero-order chi connectivity index (χ0) is 23.0. The van der Waals surface area contributed by atoms with Crippen LogP contribution in [0.25, 0.3) is 0 Å². The lowest BCUT2D eigenvalue weighted by atomic mass is 10.1. The first-order valence-electron chi connectivity index (χ1n) is 9.81. The molecule has 0 aliphatic heterocycles. The first-order chi connectivity index (χ1) is 15.4. The number of rotatable bonds is 8. The van der Waals surface area contributed by atoms with Gasteiger partial charge >= 0.3 is 6.18 Å². The molecule has 0 atom stereocenters. The lowest BCUT2D eigenvalue weighted by molar-refractivity contribution is -0.137. The SMILES string of the molecule is CCOc1cc(/C=N/NC(=O)c2ccccc2C(F)(F)F)ccc1OCc1ccccc1. The standard InChI is InChI=1S/C24H21F3N2O3/c1-2-31-22-14-18(12-13-21(22)32-16-17-8-4-3-5-9-17)15-28-29-23(30)19-10-6-7-11-20(19)24(25,26)27/h3-15H,2,16H2,1H3,(H,29,30)/b28-15+. The molecule has 3 aromatic rings. The van der Waals surface area contributed by atoms with Gasteiger partial charge in [-0.3, -0.25) is 4.79 Å². The van der Waals surface area contributed by atoms with Gasteiger partial charge < -0.3 is 9.47 Å². The molecule has 0 radical (unpaired) electrons. The van der Waals surface area contributed by atoms with Crippen molar-refractivity contribution in [2.24, 2.45) is 5.10 Å². The number of amides is 1. The number of carbonyl (C=O) groups excluding carboxylic acids is 1. The van der Waals surface area contributed by atoms with Gasteiger partial charge in [0.1, 0.15) is 6.61 Å². The summed E-state index contributed by atoms with van der Waals surface area (Å²) in [6.45, 7) is 2.61. The maximum absolute atomic E-state index is 13.1. The molecule has 0 saturated heterocycles. The Morgan fingerprint density at radius 3 is 2.41 bits per heavy atom. The highest BCUT2D eigenvalue weighted by Gasteiger charge is 2.34. The quantitative estimate of drug-likeness (QED) is 0.373. The van der Waals surface area contributed by atoms with Crippen LogP contribution in [0.5, 0.6) is 11.5 Å². The van der Waals surface area contributed by atoms with Crippen molar-refractivity contribution in [3.05, 3.63) is 95.1 Å². The predicted octanol–water partition coefficient (Wildman–Crippen LogP) is 5.45. The van der Waals surface area contributed by atoms with Crippen molar-refractivity contribution in [2.45, 2.75) is 19.7 Å². The summed E-state index contributed by atoms with van der Waals surface area (Å²) < 4.78 is 50.7. The van der Waals surface area contributed by atoms with Crippen molar-refractivity contribution in [1.29, 1.82) is 0 Å². The van der Waals surface area contributed by atoms with Crippen LogP contribution in [0, 0.1) is 0 Å². The largest absolute Gasteiger partial charge is 0.490 e. The van der Waals surface area contributed by atoms with Crippen LogP contribution in [0.1, 0.15) is 34.0 Å². The molecule has 0 spiro atoms. The number of carbonyl (C=O) groups is 1. The number of alkyl halides is 3. The van der Waals surface area contributed by atoms with Gasteiger partial charge in [-0.05, 0) is 48.4 Å². The van der Waals surface area contributed by atoms with Crippen LogP contribution in [0.2, 0.25) is 0 Å². The van der Waals surface area contributed by atoms with Crippen molar-refractivity contribution in [2.75, 3.05) is 6.61 Å². The van der Waals surface area contributed by atoms with E-state index in [0.29, 0.717) is 30.3 Å². The Bertz CT molecular complexity index is 1080. The monoisotopic (exact) mass is 442 g/mol. The molecule has 0 aliphatic carbocycles. The Hall–Kier alpha value is -3.81. The first kappa shape index (κ1) is 22.9. The van der Waals surface area contributed by atoms with Gasteiger partial charge in [0.15, 0.2) is 11.5 Å². The molecule has 0 aliphatic rings. The van der Waals surface area contributed by atoms with Crippen molar-refractivity contribution in [3.63, 3.8) is 0 Å². The minimum absolute atomic E-state index is 0.364. The second-order valence-electron chi connectivity index (χ2n) is 6.66. The lowest BCUT2D eigenvalue weighted by Gasteiger charge is -2.13. The van der Waals surface area contributed by atoms with E-state index in [1.54, 1.807) is 18.2 Å². The molecule has 3 rings (SSSR count). The fourth-order valence-electron chi connectivity index (χ4n) is 2.88. The van der Waals surface area contributed by atoms with E-state index in [1.807, 2.05) is 37.3 Å². The summed E-state index contributed by atoms with van der Waals surface area (Å²) in [6.07, 6.45) is -3.32. The summed E-state index contributed by atoms with van der Waals surface area (Å²) in [7, 11) is 0. The van der Waals surface area contributed by atoms with Gasteiger partial charge in [-0.15, -0.1) is 0 Å². The van der Waals surface area contributed by atoms with Crippen molar-refractivity contribution in [3.8, 4) is 11.5 Å². The molecule has 0 saturated carbocycles. The average Bonchev–Trinajstić information content (AvgIpc) is 2.79. The highest BCUT2D eigenvalue weighted by Crippen LogP contribution is 2.32. The number of nitrogens with zero attached hydrogens (tertiary/aromatic N) is 1. The zero-order valence-electron chi connectivity index (χ0n) is 17.2. The number of nitrogens with one attached hydrogen (secondary N) is 1. The number of hydrazone groups is 1. The molecule has 0 aromatic heterocycles. The number of hydrogen-bond donors (Lipinski definition) is 1. The molecule has 1 N–H and O–H groups in total. The molecule has 166 valence electrons. The van der Waals surface area contributed by atoms with E-state index >= 15 is 0 Å². The molecular formula is C24H21F3N2O3. The number of hydrogen-bond acceptors (Lipinski definition) is 4. The normalized spacial score (nSPS) is 11.4. The second kappa shape index (κ2) is 10.5. The highest BCUT2D eigenvalue weighted by atomic mass is 19.4. The van der Waals surface area contributed by atoms with E-state index in [4.69, 9.17) is 9.47 Å². The Kier molecular flexibility index (Phi) is 7.49. The molecule has 0 fully saturated rings. The van der Waals surface area contributed by atoms with Crippen molar-refractivity contribution >= 4 is 12.1 Å². The number of halogens is 3. The van der Waals surface area contributed by atoms with Gasteiger partial charge in [-0.1, -0.05) is 42.5 Å². The van der Waals surface area contributed by atoms with Crippen molar-refractivity contribution < 1.29 is 27.4 Å². The number of ether oxygens (including phenoxy) is 2. The van der Waals surface area contributed by atoms with E-state index in [2.05, 4.69) is 10.5 Å². The Morgan fingerprint density at radius 1 is 0.969 bits per heavy atom. The molecule has 5 nitrogen and oxygen atoms in total. The van der Waals surface area contributed by atoms with E-state index < -0.39 is 23.2 Å². The van der Waals surface area contributed by atoms with Crippen LogP contribution in [0.3, 0.4) is 0 Å². The Balaban J connectivity index is 1.69. The summed E-state index contributed by atoms with van der Waals surface area (Å²) in [4.78, 5) is 12.2. The third-order valence-electron chi connectivity index (χ3n) is 4.36. The third kappa shape index (κ3) is 6.10. The maximum atomic E-state index is 13.1. The molecule has 32 heavy (non-hydrogen) atoms. The zero-order valence-corrected chi connectivity index (χ0v) is 17.2. The van der Waals surface area contributed by atoms with Crippen LogP contribution < -0.4 is 14.9 Å². The fraction of sp³-hybridized carbons (Fsp3) is 0.167. The topological polar surface area (TPSA) is 59.9 Å². The molecule has 0 bridgehead atoms. The molecule has 8 heteroatoms. The second-order valence-corrected chi connectivity index (χ2v) is 6.66. The maximum Gasteiger partial charge on any atom is 0.417 e. The Morgan fingerprint density at radius 2 is 1.69 bits per heavy atom. The van der Waals surface area contributed by atoms with Crippen molar-refractivity contribution in [1.82, 2.24) is 5.43 Å². The van der Waals surface area contributed by atoms with E-state index in [0.717, 1.165) is 17.7 Å². The average molecular weight is 442 g/mol. The number of benzene rings is 3. The van der Waals surface area contributed by atoms with Gasteiger partial charge in [0.25, 0.3) is 5.91 Å². The van der Waals surface area contributed by atoms with Gasteiger partial charge in [-0.2, -0.15) is 18.3 Å². The highest BCUT2D eigenvalue weighted by molar-refractivity contribution is 5.96. The lowest BCUT2D eigenvalue weighted by Crippen LogP contribution is -2.22. The summed E-state index contributed by atoms with van der Waals surface area (Å²) in [6, 6.07) is 19.2. The summed E-state index contributed by atoms with van der Waals surface area (Å²) in [5.74, 6) is 0.0686. The predicted molar refractivity (Wildman–Crippen MR) is 115 cm³/mol. The minimum Gasteiger partial charge on any atom is -0.490 e. The van der Waals surface area contributed by atoms with E-state index in [-0.39, 0.29) is 0 Å². The van der Waals surface area contributed by atoms with Crippen LogP contribution in [0.15, 0.2) is 77.9 Å². The smallest absolute Gasteiger partial charge is 0.417 e. The van der Waals surface area contributed by atoms with Crippen LogP contribution >= 0.6 is 0 Å². The summed E-state index contributed by atoms with van der Waals surface area (Å²) >= 11 is 0. The van der Waals surface area contributed by atoms with Gasteiger partial charge in [-0.25, -0.2) is 5.43 Å². The summed E-state index contributed by atoms with van der Waals surface area (Å²) in [5, 5.41) is 3.78. The van der Waals surface area contributed by atoms with Gasteiger partial charge in [0.05, 0.1) is 23.9 Å². The van der Waals surface area contributed by atoms with E-state index in [9.17, 15) is 18.0 Å². The molecule has 0 unspecified atom stereocenters. The van der Waals surface area contributed by atoms with Crippen LogP contribution in [0.4, 0.5) is 13.2 Å².